The minimum absolute atomic E-state index is 0.431. The van der Waals surface area contributed by atoms with Crippen LogP contribution in [-0.4, -0.2) is 48.8 Å². The normalized spacial score (nSPS) is 13.7. The van der Waals surface area contributed by atoms with Crippen molar-refractivity contribution < 1.29 is 18.9 Å². The summed E-state index contributed by atoms with van der Waals surface area (Å²) < 4.78 is 19.1. The fraction of sp³-hybridized carbons (Fsp3) is 0.429. The van der Waals surface area contributed by atoms with Crippen molar-refractivity contribution in [3.8, 4) is 11.5 Å². The molecule has 0 radical (unpaired) electrons. The van der Waals surface area contributed by atoms with Crippen molar-refractivity contribution >= 4 is 36.7 Å². The summed E-state index contributed by atoms with van der Waals surface area (Å²) in [5.41, 5.74) is 10.5. The average molecular weight is 387 g/mol. The highest BCUT2D eigenvalue weighted by Gasteiger charge is 2.08. The molecule has 1 aromatic heterocycles. The van der Waals surface area contributed by atoms with E-state index in [2.05, 4.69) is 20.8 Å². The molecule has 0 spiro atoms. The molecule has 2 aromatic rings. The molecule has 5 N–H and O–H groups in total. The number of hydrogen-bond donors (Lipinski definition) is 3. The third kappa shape index (κ3) is 7.80. The van der Waals surface area contributed by atoms with E-state index in [4.69, 9.17) is 24.7 Å². The second-order valence-corrected chi connectivity index (χ2v) is 6.43. The molecule has 0 aliphatic carbocycles. The Kier molecular flexibility index (Phi) is 10.0. The number of thioether (sulfide) groups is 1. The molecule has 1 saturated heterocycles. The Hall–Kier alpha value is -1.71. The fourth-order valence-electron chi connectivity index (χ4n) is 1.92. The number of nitrogens with two attached hydrogens (primary N) is 2. The lowest BCUT2D eigenvalue weighted by molar-refractivity contribution is -0.164. The van der Waals surface area contributed by atoms with Gasteiger partial charge in [0, 0.05) is 36.0 Å². The second-order valence-electron chi connectivity index (χ2n) is 4.63. The van der Waals surface area contributed by atoms with Gasteiger partial charge in [-0.25, -0.2) is 9.97 Å². The molecule has 1 unspecified atom stereocenters. The van der Waals surface area contributed by atoms with E-state index in [-0.39, 0.29) is 0 Å². The molecule has 2 heterocycles. The van der Waals surface area contributed by atoms with E-state index < -0.39 is 8.18 Å². The monoisotopic (exact) mass is 387 g/mol. The number of nitrogens with one attached hydrogen (secondary N) is 1. The summed E-state index contributed by atoms with van der Waals surface area (Å²) in [5, 5.41) is 4.02. The number of methoxy groups -OCH3 is 2. The van der Waals surface area contributed by atoms with Crippen LogP contribution in [0.5, 0.6) is 11.5 Å². The summed E-state index contributed by atoms with van der Waals surface area (Å²) in [4.78, 5) is 16.8. The molecule has 0 amide bonds. The molecule has 0 bridgehead atoms. The van der Waals surface area contributed by atoms with Crippen LogP contribution in [0, 0.1) is 0 Å². The van der Waals surface area contributed by atoms with Crippen molar-refractivity contribution in [3.63, 3.8) is 0 Å². The first-order valence-electron chi connectivity index (χ1n) is 7.29. The van der Waals surface area contributed by atoms with Gasteiger partial charge in [-0.2, -0.15) is 11.8 Å². The number of nitrogens with zero attached hydrogens (tertiary/aromatic N) is 2. The van der Waals surface area contributed by atoms with Crippen LogP contribution < -0.4 is 30.9 Å². The second kappa shape index (κ2) is 11.8. The number of fused-ring (bicyclic) bond motifs is 1. The van der Waals surface area contributed by atoms with E-state index in [0.29, 0.717) is 17.3 Å². The quantitative estimate of drug-likeness (QED) is 0.622. The lowest BCUT2D eigenvalue weighted by Gasteiger charge is -2.08. The number of hydrogen-bond acceptors (Lipinski definition) is 9. The standard InChI is InChI=1S/C10H11N3O2.C4H9NS.H2NO2P/c1-14-8-3-6-7(4-9(8)15-2)12-5-13-10(6)11;1-3-6-4-2-5-1;1-4(2)3/h3-5H,1-2H3,(H2,11,12,13);5H,1-4H2;(H2,1,2,3). The first-order chi connectivity index (χ1) is 12.0. The fourth-order valence-corrected chi connectivity index (χ4v) is 2.70. The Morgan fingerprint density at radius 1 is 1.20 bits per heavy atom. The topological polar surface area (TPSA) is 148 Å². The molecule has 0 saturated carbocycles. The highest BCUT2D eigenvalue weighted by Crippen LogP contribution is 2.32. The number of anilines is 1. The van der Waals surface area contributed by atoms with Crippen LogP contribution in [0.15, 0.2) is 18.5 Å². The summed E-state index contributed by atoms with van der Waals surface area (Å²) in [5.74, 6) is 4.29. The lowest BCUT2D eigenvalue weighted by Crippen LogP contribution is -2.24. The van der Waals surface area contributed by atoms with Gasteiger partial charge in [-0.05, 0) is 6.07 Å². The van der Waals surface area contributed by atoms with Crippen LogP contribution in [0.4, 0.5) is 5.82 Å². The Morgan fingerprint density at radius 3 is 2.20 bits per heavy atom. The molecule has 1 aliphatic heterocycles. The third-order valence-corrected chi connectivity index (χ3v) is 4.00. The molecule has 9 nitrogen and oxygen atoms in total. The third-order valence-electron chi connectivity index (χ3n) is 3.02. The van der Waals surface area contributed by atoms with Crippen molar-refractivity contribution in [2.75, 3.05) is 44.5 Å². The van der Waals surface area contributed by atoms with Gasteiger partial charge in [0.15, 0.2) is 11.5 Å². The number of nitrogen functional groups attached to an aromatic ring is 1. The van der Waals surface area contributed by atoms with E-state index in [1.165, 1.54) is 30.9 Å². The first-order valence-corrected chi connectivity index (χ1v) is 9.69. The number of ether oxygens (including phenoxy) is 2. The predicted molar refractivity (Wildman–Crippen MR) is 99.0 cm³/mol. The van der Waals surface area contributed by atoms with E-state index in [9.17, 15) is 0 Å². The zero-order valence-corrected chi connectivity index (χ0v) is 15.8. The minimum atomic E-state index is -2.62. The van der Waals surface area contributed by atoms with Crippen LogP contribution in [0.3, 0.4) is 0 Å². The summed E-state index contributed by atoms with van der Waals surface area (Å²) in [7, 11) is 0.530. The van der Waals surface area contributed by atoms with E-state index in [0.717, 1.165) is 10.9 Å². The van der Waals surface area contributed by atoms with Gasteiger partial charge in [0.25, 0.3) is 0 Å². The maximum Gasteiger partial charge on any atom is 0.405 e. The molecule has 138 valence electrons. The molecule has 11 heteroatoms. The van der Waals surface area contributed by atoms with Gasteiger partial charge in [-0.15, -0.1) is 5.50 Å². The summed E-state index contributed by atoms with van der Waals surface area (Å²) >= 11 is 2.03. The molecule has 3 rings (SSSR count). The Bertz CT molecular complexity index is 672. The zero-order chi connectivity index (χ0) is 18.7. The maximum atomic E-state index is 8.81. The van der Waals surface area contributed by atoms with Crippen LogP contribution in [0.1, 0.15) is 0 Å². The molecule has 25 heavy (non-hydrogen) atoms. The molecular weight excluding hydrogens is 365 g/mol. The largest absolute Gasteiger partial charge is 0.578 e. The zero-order valence-electron chi connectivity index (χ0n) is 14.1. The van der Waals surface area contributed by atoms with Crippen LogP contribution in [0.2, 0.25) is 0 Å². The summed E-state index contributed by atoms with van der Waals surface area (Å²) in [6.45, 7) is 2.43. The SMILES string of the molecule is C1CSCCN1.COc1cc2ncnc(N)c2cc1OC.N[P+](=O)[O-]. The van der Waals surface area contributed by atoms with E-state index in [1.54, 1.807) is 26.4 Å². The Balaban J connectivity index is 0.000000257. The van der Waals surface area contributed by atoms with Gasteiger partial charge in [0.1, 0.15) is 12.1 Å². The smallest absolute Gasteiger partial charge is 0.405 e. The van der Waals surface area contributed by atoms with Gasteiger partial charge < -0.3 is 25.4 Å². The van der Waals surface area contributed by atoms with Crippen molar-refractivity contribution in [3.05, 3.63) is 18.5 Å². The van der Waals surface area contributed by atoms with Crippen LogP contribution >= 0.6 is 19.9 Å². The average Bonchev–Trinajstić information content (AvgIpc) is 2.62. The van der Waals surface area contributed by atoms with Gasteiger partial charge in [-0.1, -0.05) is 4.57 Å². The van der Waals surface area contributed by atoms with Gasteiger partial charge in [-0.3, -0.25) is 0 Å². The predicted octanol–water partition coefficient (Wildman–Crippen LogP) is 0.515. The molecule has 1 atom stereocenters. The van der Waals surface area contributed by atoms with Crippen molar-refractivity contribution in [1.29, 1.82) is 0 Å². The van der Waals surface area contributed by atoms with Crippen LogP contribution in [-0.2, 0) is 4.57 Å². The highest BCUT2D eigenvalue weighted by molar-refractivity contribution is 7.99. The highest BCUT2D eigenvalue weighted by atomic mass is 32.2. The Labute approximate surface area is 151 Å². The molecule has 1 aromatic carbocycles. The van der Waals surface area contributed by atoms with Crippen molar-refractivity contribution in [1.82, 2.24) is 15.3 Å². The van der Waals surface area contributed by atoms with Crippen molar-refractivity contribution in [2.24, 2.45) is 5.50 Å². The van der Waals surface area contributed by atoms with Crippen LogP contribution in [0.25, 0.3) is 10.9 Å². The van der Waals surface area contributed by atoms with Gasteiger partial charge >= 0.3 is 8.18 Å². The van der Waals surface area contributed by atoms with E-state index in [1.807, 2.05) is 11.8 Å². The molecular formula is C14H22N5O4PS. The summed E-state index contributed by atoms with van der Waals surface area (Å²) in [6.07, 6.45) is 1.42. The number of benzene rings is 1. The Morgan fingerprint density at radius 2 is 1.76 bits per heavy atom. The summed E-state index contributed by atoms with van der Waals surface area (Å²) in [6, 6.07) is 3.54. The molecule has 1 aliphatic rings. The van der Waals surface area contributed by atoms with Gasteiger partial charge in [0.05, 0.1) is 19.7 Å². The van der Waals surface area contributed by atoms with E-state index >= 15 is 0 Å². The lowest BCUT2D eigenvalue weighted by atomic mass is 10.2. The van der Waals surface area contributed by atoms with Gasteiger partial charge in [0.2, 0.25) is 0 Å². The first kappa shape index (κ1) is 21.3. The minimum Gasteiger partial charge on any atom is -0.578 e. The number of aromatic nitrogens is 2. The maximum absolute atomic E-state index is 8.81. The molecule has 1 fully saturated rings. The number of rotatable bonds is 2. The van der Waals surface area contributed by atoms with Crippen molar-refractivity contribution in [2.45, 2.75) is 0 Å².